The number of benzene rings is 3. The average Bonchev–Trinajstić information content (AvgIpc) is 3.16. The van der Waals surface area contributed by atoms with Crippen molar-refractivity contribution in [3.63, 3.8) is 0 Å². The van der Waals surface area contributed by atoms with Crippen LogP contribution in [0, 0.1) is 6.92 Å². The van der Waals surface area contributed by atoms with E-state index < -0.39 is 6.04 Å². The molecule has 0 bridgehead atoms. The van der Waals surface area contributed by atoms with Gasteiger partial charge in [-0.25, -0.2) is 0 Å². The van der Waals surface area contributed by atoms with Crippen molar-refractivity contribution in [1.82, 2.24) is 15.1 Å². The van der Waals surface area contributed by atoms with E-state index in [0.29, 0.717) is 17.7 Å². The lowest BCUT2D eigenvalue weighted by molar-refractivity contribution is -0.118. The quantitative estimate of drug-likeness (QED) is 0.505. The van der Waals surface area contributed by atoms with E-state index in [1.54, 1.807) is 16.9 Å². The SMILES string of the molecule is Cc1ccccc1C(=O)NC(Cc1ccccc1)C(=O)Nc1cccc2c1cnn2C. The molecule has 3 aromatic carbocycles. The number of nitrogens with one attached hydrogen (secondary N) is 2. The van der Waals surface area contributed by atoms with Gasteiger partial charge in [-0.2, -0.15) is 5.10 Å². The van der Waals surface area contributed by atoms with Crippen LogP contribution in [0.1, 0.15) is 21.5 Å². The van der Waals surface area contributed by atoms with Gasteiger partial charge < -0.3 is 10.6 Å². The van der Waals surface area contributed by atoms with E-state index in [0.717, 1.165) is 22.0 Å². The van der Waals surface area contributed by atoms with Crippen LogP contribution in [0.5, 0.6) is 0 Å². The zero-order chi connectivity index (χ0) is 21.8. The number of aromatic nitrogens is 2. The maximum atomic E-state index is 13.3. The number of hydrogen-bond donors (Lipinski definition) is 2. The number of carbonyl (C=O) groups excluding carboxylic acids is 2. The number of aryl methyl sites for hydroxylation is 2. The summed E-state index contributed by atoms with van der Waals surface area (Å²) < 4.78 is 1.76. The van der Waals surface area contributed by atoms with Gasteiger partial charge in [0, 0.05) is 24.4 Å². The van der Waals surface area contributed by atoms with Crippen LogP contribution in [-0.4, -0.2) is 27.6 Å². The Labute approximate surface area is 180 Å². The molecule has 6 nitrogen and oxygen atoms in total. The molecule has 4 rings (SSSR count). The molecule has 1 aromatic heterocycles. The molecule has 1 atom stereocenters. The minimum Gasteiger partial charge on any atom is -0.340 e. The minimum atomic E-state index is -0.735. The molecule has 1 unspecified atom stereocenters. The molecule has 0 fully saturated rings. The van der Waals surface area contributed by atoms with Crippen LogP contribution in [0.4, 0.5) is 5.69 Å². The van der Waals surface area contributed by atoms with E-state index in [1.165, 1.54) is 0 Å². The van der Waals surface area contributed by atoms with Crippen molar-refractivity contribution in [2.24, 2.45) is 7.05 Å². The third-order valence-corrected chi connectivity index (χ3v) is 5.34. The number of fused-ring (bicyclic) bond motifs is 1. The van der Waals surface area contributed by atoms with E-state index in [1.807, 2.05) is 80.7 Å². The number of carbonyl (C=O) groups is 2. The van der Waals surface area contributed by atoms with Gasteiger partial charge in [0.05, 0.1) is 17.4 Å². The van der Waals surface area contributed by atoms with Gasteiger partial charge in [0.2, 0.25) is 5.91 Å². The summed E-state index contributed by atoms with van der Waals surface area (Å²) in [5, 5.41) is 11.0. The number of amides is 2. The highest BCUT2D eigenvalue weighted by atomic mass is 16.2. The Hall–Kier alpha value is -3.93. The zero-order valence-corrected chi connectivity index (χ0v) is 17.5. The summed E-state index contributed by atoms with van der Waals surface area (Å²) >= 11 is 0. The van der Waals surface area contributed by atoms with Crippen molar-refractivity contribution in [2.75, 3.05) is 5.32 Å². The Morgan fingerprint density at radius 1 is 0.968 bits per heavy atom. The first kappa shape index (κ1) is 20.3. The van der Waals surface area contributed by atoms with Gasteiger partial charge in [-0.15, -0.1) is 0 Å². The summed E-state index contributed by atoms with van der Waals surface area (Å²) in [5.74, 6) is -0.545. The molecule has 0 aliphatic carbocycles. The van der Waals surface area contributed by atoms with Crippen LogP contribution < -0.4 is 10.6 Å². The largest absolute Gasteiger partial charge is 0.340 e. The van der Waals surface area contributed by atoms with Crippen molar-refractivity contribution < 1.29 is 9.59 Å². The highest BCUT2D eigenvalue weighted by molar-refractivity contribution is 6.05. The maximum absolute atomic E-state index is 13.3. The fourth-order valence-corrected chi connectivity index (χ4v) is 3.63. The predicted molar refractivity (Wildman–Crippen MR) is 122 cm³/mol. The molecule has 2 amide bonds. The fourth-order valence-electron chi connectivity index (χ4n) is 3.63. The minimum absolute atomic E-state index is 0.270. The normalized spacial score (nSPS) is 11.8. The molecule has 0 saturated heterocycles. The van der Waals surface area contributed by atoms with E-state index in [9.17, 15) is 9.59 Å². The van der Waals surface area contributed by atoms with Gasteiger partial charge in [0.1, 0.15) is 6.04 Å². The Kier molecular flexibility index (Phi) is 5.80. The molecule has 1 heterocycles. The monoisotopic (exact) mass is 412 g/mol. The first-order valence-corrected chi connectivity index (χ1v) is 10.1. The molecular formula is C25H24N4O2. The lowest BCUT2D eigenvalue weighted by Gasteiger charge is -2.19. The number of rotatable bonds is 6. The summed E-state index contributed by atoms with van der Waals surface area (Å²) in [7, 11) is 1.86. The summed E-state index contributed by atoms with van der Waals surface area (Å²) in [6.45, 7) is 1.88. The van der Waals surface area contributed by atoms with Gasteiger partial charge in [-0.05, 0) is 36.2 Å². The van der Waals surface area contributed by atoms with Gasteiger partial charge in [-0.1, -0.05) is 54.6 Å². The molecule has 2 N–H and O–H groups in total. The smallest absolute Gasteiger partial charge is 0.252 e. The topological polar surface area (TPSA) is 76.0 Å². The second-order valence-corrected chi connectivity index (χ2v) is 7.53. The summed E-state index contributed by atoms with van der Waals surface area (Å²) in [4.78, 5) is 26.2. The first-order valence-electron chi connectivity index (χ1n) is 10.1. The van der Waals surface area contributed by atoms with E-state index in [2.05, 4.69) is 15.7 Å². The standard InChI is InChI=1S/C25H24N4O2/c1-17-9-6-7-12-19(17)24(30)28-22(15-18-10-4-3-5-11-18)25(31)27-21-13-8-14-23-20(21)16-26-29(23)2/h3-14,16,22H,15H2,1-2H3,(H,27,31)(H,28,30). The van der Waals surface area contributed by atoms with Crippen molar-refractivity contribution >= 4 is 28.4 Å². The second-order valence-electron chi connectivity index (χ2n) is 7.53. The zero-order valence-electron chi connectivity index (χ0n) is 17.5. The fraction of sp³-hybridized carbons (Fsp3) is 0.160. The van der Waals surface area contributed by atoms with E-state index in [-0.39, 0.29) is 11.8 Å². The number of nitrogens with zero attached hydrogens (tertiary/aromatic N) is 2. The van der Waals surface area contributed by atoms with E-state index in [4.69, 9.17) is 0 Å². The maximum Gasteiger partial charge on any atom is 0.252 e. The third-order valence-electron chi connectivity index (χ3n) is 5.34. The van der Waals surface area contributed by atoms with Crippen LogP contribution in [0.15, 0.2) is 79.0 Å². The highest BCUT2D eigenvalue weighted by Crippen LogP contribution is 2.23. The van der Waals surface area contributed by atoms with Crippen molar-refractivity contribution in [1.29, 1.82) is 0 Å². The molecule has 0 spiro atoms. The summed E-state index contributed by atoms with van der Waals surface area (Å²) in [6.07, 6.45) is 2.11. The molecule has 31 heavy (non-hydrogen) atoms. The molecule has 0 saturated carbocycles. The van der Waals surface area contributed by atoms with Gasteiger partial charge >= 0.3 is 0 Å². The van der Waals surface area contributed by atoms with Crippen LogP contribution in [-0.2, 0) is 18.3 Å². The second kappa shape index (κ2) is 8.83. The lowest BCUT2D eigenvalue weighted by Crippen LogP contribution is -2.45. The Morgan fingerprint density at radius 3 is 2.48 bits per heavy atom. The third kappa shape index (κ3) is 4.48. The van der Waals surface area contributed by atoms with E-state index >= 15 is 0 Å². The van der Waals surface area contributed by atoms with Crippen LogP contribution in [0.3, 0.4) is 0 Å². The Bertz CT molecular complexity index is 1230. The summed E-state index contributed by atoms with van der Waals surface area (Å²) in [5.41, 5.74) is 3.97. The Morgan fingerprint density at radius 2 is 1.71 bits per heavy atom. The number of anilines is 1. The summed E-state index contributed by atoms with van der Waals surface area (Å²) in [6, 6.07) is 21.9. The molecule has 0 radical (unpaired) electrons. The predicted octanol–water partition coefficient (Wildman–Crippen LogP) is 3.86. The molecule has 0 aliphatic rings. The highest BCUT2D eigenvalue weighted by Gasteiger charge is 2.23. The van der Waals surface area contributed by atoms with Crippen molar-refractivity contribution in [2.45, 2.75) is 19.4 Å². The van der Waals surface area contributed by atoms with Crippen LogP contribution in [0.2, 0.25) is 0 Å². The molecular weight excluding hydrogens is 388 g/mol. The average molecular weight is 412 g/mol. The van der Waals surface area contributed by atoms with Gasteiger partial charge in [-0.3, -0.25) is 14.3 Å². The van der Waals surface area contributed by atoms with Crippen molar-refractivity contribution in [3.05, 3.63) is 95.7 Å². The molecule has 4 aromatic rings. The van der Waals surface area contributed by atoms with Gasteiger partial charge in [0.15, 0.2) is 0 Å². The molecule has 6 heteroatoms. The number of hydrogen-bond acceptors (Lipinski definition) is 3. The molecule has 0 aliphatic heterocycles. The van der Waals surface area contributed by atoms with Gasteiger partial charge in [0.25, 0.3) is 5.91 Å². The Balaban J connectivity index is 1.60. The van der Waals surface area contributed by atoms with Crippen molar-refractivity contribution in [3.8, 4) is 0 Å². The van der Waals surface area contributed by atoms with Crippen LogP contribution >= 0.6 is 0 Å². The lowest BCUT2D eigenvalue weighted by atomic mass is 10.0. The van der Waals surface area contributed by atoms with Crippen LogP contribution in [0.25, 0.3) is 10.9 Å². The molecule has 156 valence electrons. The first-order chi connectivity index (χ1) is 15.0.